The molecule has 0 aliphatic carbocycles. The molecule has 0 N–H and O–H groups in total. The summed E-state index contributed by atoms with van der Waals surface area (Å²) in [5.74, 6) is 0. The van der Waals surface area contributed by atoms with Gasteiger partial charge in [0, 0.05) is 53.4 Å². The monoisotopic (exact) mass is 718 g/mol. The Balaban J connectivity index is 0.993. The van der Waals surface area contributed by atoms with Crippen LogP contribution in [0, 0.1) is 0 Å². The van der Waals surface area contributed by atoms with Crippen LogP contribution in [-0.2, 0) is 0 Å². The molecule has 2 nitrogen and oxygen atoms in total. The third-order valence-corrected chi connectivity index (χ3v) is 12.2. The number of hydrogen-bond donors (Lipinski definition) is 0. The molecule has 0 aliphatic heterocycles. The molecule has 9 aromatic carbocycles. The Morgan fingerprint density at radius 2 is 1.00 bits per heavy atom. The molecule has 2 aromatic heterocycles. The third kappa shape index (κ3) is 5.24. The molecule has 0 bridgehead atoms. The molecule has 55 heavy (non-hydrogen) atoms. The topological polar surface area (TPSA) is 8.17 Å². The summed E-state index contributed by atoms with van der Waals surface area (Å²) in [6, 6.07) is 75.0. The van der Waals surface area contributed by atoms with E-state index in [1.165, 1.54) is 86.4 Å². The highest BCUT2D eigenvalue weighted by atomic mass is 32.1. The van der Waals surface area contributed by atoms with Crippen LogP contribution in [-0.4, -0.2) is 4.57 Å². The second-order valence-corrected chi connectivity index (χ2v) is 15.2. The summed E-state index contributed by atoms with van der Waals surface area (Å²) in [7, 11) is 0. The Bertz CT molecular complexity index is 3190. The van der Waals surface area contributed by atoms with E-state index in [-0.39, 0.29) is 0 Å². The molecule has 0 radical (unpaired) electrons. The largest absolute Gasteiger partial charge is 0.310 e. The molecule has 0 atom stereocenters. The molecule has 11 aromatic rings. The van der Waals surface area contributed by atoms with Gasteiger partial charge in [-0.2, -0.15) is 0 Å². The van der Waals surface area contributed by atoms with Crippen LogP contribution in [0.2, 0.25) is 0 Å². The van der Waals surface area contributed by atoms with Crippen LogP contribution >= 0.6 is 11.3 Å². The zero-order valence-electron chi connectivity index (χ0n) is 29.9. The van der Waals surface area contributed by atoms with Crippen molar-refractivity contribution in [3.05, 3.63) is 206 Å². The summed E-state index contributed by atoms with van der Waals surface area (Å²) >= 11 is 1.89. The molecule has 0 unspecified atom stereocenters. The standard InChI is InChI=1S/C52H34N2S/c1-3-15-39(16-4-1)53(48-24-11-14-36-13-7-8-19-42(36)48)41-29-25-35(26-30-41)37-27-32-46-47-22-12-21-43(52(47)55-51(46)34-37)38-28-31-45-44-20-9-10-23-49(44)54(50(45)33-38)40-17-5-2-6-18-40/h1-34H. The fourth-order valence-electron chi connectivity index (χ4n) is 8.41. The van der Waals surface area contributed by atoms with Crippen LogP contribution in [0.3, 0.4) is 0 Å². The number of nitrogens with zero attached hydrogens (tertiary/aromatic N) is 2. The summed E-state index contributed by atoms with van der Waals surface area (Å²) in [6.45, 7) is 0. The van der Waals surface area contributed by atoms with Gasteiger partial charge in [0.15, 0.2) is 0 Å². The number of anilines is 3. The van der Waals surface area contributed by atoms with E-state index in [1.807, 2.05) is 11.3 Å². The summed E-state index contributed by atoms with van der Waals surface area (Å²) < 4.78 is 5.02. The number of fused-ring (bicyclic) bond motifs is 7. The Hall–Kier alpha value is -6.94. The van der Waals surface area contributed by atoms with Crippen molar-refractivity contribution in [1.82, 2.24) is 4.57 Å². The predicted octanol–water partition coefficient (Wildman–Crippen LogP) is 15.1. The lowest BCUT2D eigenvalue weighted by atomic mass is 10.00. The molecule has 0 saturated carbocycles. The molecule has 0 amide bonds. The van der Waals surface area contributed by atoms with E-state index < -0.39 is 0 Å². The van der Waals surface area contributed by atoms with E-state index >= 15 is 0 Å². The summed E-state index contributed by atoms with van der Waals surface area (Å²) in [5, 5.41) is 7.60. The van der Waals surface area contributed by atoms with Crippen molar-refractivity contribution in [2.75, 3.05) is 4.90 Å². The Labute approximate surface area is 323 Å². The third-order valence-electron chi connectivity index (χ3n) is 11.0. The van der Waals surface area contributed by atoms with E-state index in [2.05, 4.69) is 216 Å². The molecule has 258 valence electrons. The van der Waals surface area contributed by atoms with Gasteiger partial charge in [0.25, 0.3) is 0 Å². The number of aromatic nitrogens is 1. The highest BCUT2D eigenvalue weighted by Crippen LogP contribution is 2.44. The minimum Gasteiger partial charge on any atom is -0.310 e. The molecule has 0 aliphatic rings. The van der Waals surface area contributed by atoms with Gasteiger partial charge in [0.1, 0.15) is 0 Å². The van der Waals surface area contributed by atoms with Crippen molar-refractivity contribution >= 4 is 81.1 Å². The highest BCUT2D eigenvalue weighted by Gasteiger charge is 2.18. The SMILES string of the molecule is c1ccc(N(c2ccc(-c3ccc4c(c3)sc3c(-c5ccc6c7ccccc7n(-c7ccccc7)c6c5)cccc34)cc2)c2cccc3ccccc23)cc1. The lowest BCUT2D eigenvalue weighted by Crippen LogP contribution is -2.10. The number of rotatable bonds is 6. The van der Waals surface area contributed by atoms with Crippen LogP contribution in [0.15, 0.2) is 206 Å². The normalized spacial score (nSPS) is 11.6. The van der Waals surface area contributed by atoms with Crippen LogP contribution in [0.25, 0.3) is 80.7 Å². The maximum absolute atomic E-state index is 2.40. The van der Waals surface area contributed by atoms with Gasteiger partial charge >= 0.3 is 0 Å². The molecule has 0 spiro atoms. The molecule has 2 heterocycles. The van der Waals surface area contributed by atoms with Gasteiger partial charge < -0.3 is 9.47 Å². The maximum atomic E-state index is 2.40. The van der Waals surface area contributed by atoms with E-state index in [9.17, 15) is 0 Å². The lowest BCUT2D eigenvalue weighted by molar-refractivity contribution is 1.18. The first-order chi connectivity index (χ1) is 27.3. The Kier molecular flexibility index (Phi) is 7.39. The minimum absolute atomic E-state index is 1.13. The number of benzene rings is 9. The maximum Gasteiger partial charge on any atom is 0.0547 e. The first-order valence-electron chi connectivity index (χ1n) is 18.8. The number of hydrogen-bond acceptors (Lipinski definition) is 2. The summed E-state index contributed by atoms with van der Waals surface area (Å²) in [6.07, 6.45) is 0. The van der Waals surface area contributed by atoms with Crippen molar-refractivity contribution < 1.29 is 0 Å². The van der Waals surface area contributed by atoms with Crippen molar-refractivity contribution in [2.45, 2.75) is 0 Å². The zero-order chi connectivity index (χ0) is 36.3. The first-order valence-corrected chi connectivity index (χ1v) is 19.6. The average Bonchev–Trinajstić information content (AvgIpc) is 3.80. The van der Waals surface area contributed by atoms with E-state index in [0.29, 0.717) is 0 Å². The smallest absolute Gasteiger partial charge is 0.0547 e. The Morgan fingerprint density at radius 1 is 0.382 bits per heavy atom. The number of thiophene rings is 1. The van der Waals surface area contributed by atoms with Crippen LogP contribution in [0.5, 0.6) is 0 Å². The zero-order valence-corrected chi connectivity index (χ0v) is 30.7. The van der Waals surface area contributed by atoms with Gasteiger partial charge in [-0.1, -0.05) is 146 Å². The van der Waals surface area contributed by atoms with Gasteiger partial charge in [-0.25, -0.2) is 0 Å². The predicted molar refractivity (Wildman–Crippen MR) is 237 cm³/mol. The molecular formula is C52H34N2S. The fourth-order valence-corrected chi connectivity index (χ4v) is 9.69. The highest BCUT2D eigenvalue weighted by molar-refractivity contribution is 7.26. The molecule has 0 saturated heterocycles. The van der Waals surface area contributed by atoms with Gasteiger partial charge in [-0.3, -0.25) is 0 Å². The van der Waals surface area contributed by atoms with E-state index in [1.54, 1.807) is 0 Å². The van der Waals surface area contributed by atoms with Gasteiger partial charge in [0.2, 0.25) is 0 Å². The minimum atomic E-state index is 1.13. The van der Waals surface area contributed by atoms with Crippen molar-refractivity contribution in [3.63, 3.8) is 0 Å². The van der Waals surface area contributed by atoms with Crippen molar-refractivity contribution in [2.24, 2.45) is 0 Å². The van der Waals surface area contributed by atoms with Crippen molar-refractivity contribution in [1.29, 1.82) is 0 Å². The molecule has 11 rings (SSSR count). The fraction of sp³-hybridized carbons (Fsp3) is 0. The summed E-state index contributed by atoms with van der Waals surface area (Å²) in [5.41, 5.74) is 12.0. The summed E-state index contributed by atoms with van der Waals surface area (Å²) in [4.78, 5) is 2.36. The molecule has 3 heteroatoms. The quantitative estimate of drug-likeness (QED) is 0.166. The second-order valence-electron chi connectivity index (χ2n) is 14.1. The second kappa shape index (κ2) is 12.9. The van der Waals surface area contributed by atoms with Gasteiger partial charge in [-0.05, 0) is 88.3 Å². The molecular weight excluding hydrogens is 685 g/mol. The van der Waals surface area contributed by atoms with Gasteiger partial charge in [0.05, 0.1) is 16.7 Å². The van der Waals surface area contributed by atoms with Crippen LogP contribution in [0.4, 0.5) is 17.1 Å². The lowest BCUT2D eigenvalue weighted by Gasteiger charge is -2.27. The first kappa shape index (κ1) is 31.6. The van der Waals surface area contributed by atoms with Crippen molar-refractivity contribution in [3.8, 4) is 27.9 Å². The Morgan fingerprint density at radius 3 is 1.85 bits per heavy atom. The molecule has 0 fully saturated rings. The van der Waals surface area contributed by atoms with Crippen LogP contribution in [0.1, 0.15) is 0 Å². The number of para-hydroxylation sites is 3. The van der Waals surface area contributed by atoms with E-state index in [0.717, 1.165) is 11.4 Å². The average molecular weight is 719 g/mol. The van der Waals surface area contributed by atoms with Crippen LogP contribution < -0.4 is 4.90 Å². The van der Waals surface area contributed by atoms with E-state index in [4.69, 9.17) is 0 Å². The van der Waals surface area contributed by atoms with Gasteiger partial charge in [-0.15, -0.1) is 11.3 Å².